The number of hydrogen-bond acceptors (Lipinski definition) is 5. The monoisotopic (exact) mass is 315 g/mol. The van der Waals surface area contributed by atoms with Crippen LogP contribution in [-0.4, -0.2) is 25.6 Å². The van der Waals surface area contributed by atoms with Crippen molar-refractivity contribution >= 4 is 17.1 Å². The van der Waals surface area contributed by atoms with Crippen molar-refractivity contribution in [1.82, 2.24) is 25.0 Å². The van der Waals surface area contributed by atoms with Gasteiger partial charge in [0, 0.05) is 25.2 Å². The fourth-order valence-corrected chi connectivity index (χ4v) is 2.57. The molecule has 3 heterocycles. The number of fused-ring (bicyclic) bond motifs is 1. The Bertz CT molecular complexity index is 934. The van der Waals surface area contributed by atoms with Gasteiger partial charge in [0.05, 0.1) is 23.1 Å². The second-order valence-electron chi connectivity index (χ2n) is 5.30. The van der Waals surface area contributed by atoms with E-state index in [0.29, 0.717) is 23.5 Å². The highest BCUT2D eigenvalue weighted by Crippen LogP contribution is 2.15. The normalized spacial score (nSPS) is 11.1. The first-order valence-electron chi connectivity index (χ1n) is 7.27. The van der Waals surface area contributed by atoms with Gasteiger partial charge in [0.25, 0.3) is 5.91 Å². The molecule has 0 aliphatic rings. The second-order valence-corrected chi connectivity index (χ2v) is 5.30. The molecule has 0 radical (unpaired) electrons. The molecule has 0 bridgehead atoms. The Morgan fingerprint density at radius 3 is 3.00 bits per heavy atom. The third-order valence-corrected chi connectivity index (χ3v) is 3.78. The lowest BCUT2D eigenvalue weighted by molar-refractivity contribution is 0.0952. The van der Waals surface area contributed by atoms with Gasteiger partial charge in [-0.3, -0.25) is 9.59 Å². The zero-order valence-corrected chi connectivity index (χ0v) is 13.1. The van der Waals surface area contributed by atoms with E-state index in [1.807, 2.05) is 6.92 Å². The van der Waals surface area contributed by atoms with E-state index in [0.717, 1.165) is 17.7 Å². The molecule has 8 nitrogen and oxygen atoms in total. The summed E-state index contributed by atoms with van der Waals surface area (Å²) in [4.78, 5) is 30.9. The van der Waals surface area contributed by atoms with E-state index in [1.165, 1.54) is 6.07 Å². The summed E-state index contributed by atoms with van der Waals surface area (Å²) in [6.45, 7) is 4.07. The maximum absolute atomic E-state index is 12.5. The molecule has 120 valence electrons. The van der Waals surface area contributed by atoms with Crippen molar-refractivity contribution in [2.45, 2.75) is 26.8 Å². The molecule has 2 N–H and O–H groups in total. The topological polar surface area (TPSA) is 106 Å². The average molecular weight is 315 g/mol. The van der Waals surface area contributed by atoms with Gasteiger partial charge in [-0.1, -0.05) is 12.1 Å². The maximum Gasteiger partial charge on any atom is 0.254 e. The Morgan fingerprint density at radius 2 is 2.26 bits per heavy atom. The van der Waals surface area contributed by atoms with Crippen LogP contribution in [0.3, 0.4) is 0 Å². The summed E-state index contributed by atoms with van der Waals surface area (Å²) in [5.41, 5.74) is 2.58. The minimum Gasteiger partial charge on any atom is -0.361 e. The summed E-state index contributed by atoms with van der Waals surface area (Å²) in [6, 6.07) is 1.28. The molecule has 0 aliphatic carbocycles. The second kappa shape index (κ2) is 5.71. The number of pyridine rings is 1. The van der Waals surface area contributed by atoms with E-state index in [2.05, 4.69) is 20.4 Å². The highest BCUT2D eigenvalue weighted by molar-refractivity contribution is 6.04. The molecule has 0 saturated carbocycles. The average Bonchev–Trinajstić information content (AvgIpc) is 3.07. The number of aryl methyl sites for hydroxylation is 3. The molecular weight excluding hydrogens is 298 g/mol. The van der Waals surface area contributed by atoms with Crippen LogP contribution in [0.1, 0.15) is 34.3 Å². The third kappa shape index (κ3) is 2.63. The Morgan fingerprint density at radius 1 is 1.48 bits per heavy atom. The summed E-state index contributed by atoms with van der Waals surface area (Å²) in [5, 5.41) is 6.78. The van der Waals surface area contributed by atoms with Crippen molar-refractivity contribution in [3.05, 3.63) is 45.3 Å². The molecule has 0 fully saturated rings. The van der Waals surface area contributed by atoms with Crippen LogP contribution in [0.4, 0.5) is 0 Å². The Balaban J connectivity index is 1.91. The SMILES string of the molecule is CCc1noc(C)c1CNC(=O)c1cc(=O)[nH]c2ncn(C)c12. The predicted molar refractivity (Wildman–Crippen MR) is 83.1 cm³/mol. The largest absolute Gasteiger partial charge is 0.361 e. The van der Waals surface area contributed by atoms with Gasteiger partial charge in [-0.05, 0) is 13.3 Å². The van der Waals surface area contributed by atoms with Crippen molar-refractivity contribution < 1.29 is 9.32 Å². The number of aromatic nitrogens is 4. The number of nitrogens with one attached hydrogen (secondary N) is 2. The summed E-state index contributed by atoms with van der Waals surface area (Å²) in [6.07, 6.45) is 2.27. The standard InChI is InChI=1S/C15H17N5O3/c1-4-11-10(8(2)23-19-11)6-16-15(22)9-5-12(21)18-14-13(9)20(3)7-17-14/h5,7H,4,6H2,1-3H3,(H,16,22)(H,18,21). The highest BCUT2D eigenvalue weighted by atomic mass is 16.5. The number of nitrogens with zero attached hydrogens (tertiary/aromatic N) is 3. The number of rotatable bonds is 4. The van der Waals surface area contributed by atoms with E-state index >= 15 is 0 Å². The lowest BCUT2D eigenvalue weighted by atomic mass is 10.1. The number of carbonyl (C=O) groups is 1. The molecule has 3 aromatic heterocycles. The maximum atomic E-state index is 12.5. The zero-order valence-electron chi connectivity index (χ0n) is 13.1. The van der Waals surface area contributed by atoms with Gasteiger partial charge >= 0.3 is 0 Å². The molecule has 0 aliphatic heterocycles. The van der Waals surface area contributed by atoms with Crippen LogP contribution >= 0.6 is 0 Å². The molecule has 23 heavy (non-hydrogen) atoms. The summed E-state index contributed by atoms with van der Waals surface area (Å²) in [7, 11) is 1.77. The van der Waals surface area contributed by atoms with Crippen molar-refractivity contribution in [2.24, 2.45) is 7.05 Å². The van der Waals surface area contributed by atoms with Gasteiger partial charge in [0.2, 0.25) is 5.56 Å². The van der Waals surface area contributed by atoms with Crippen LogP contribution in [0.2, 0.25) is 0 Å². The lowest BCUT2D eigenvalue weighted by Crippen LogP contribution is -2.25. The number of amides is 1. The van der Waals surface area contributed by atoms with Crippen molar-refractivity contribution in [3.8, 4) is 0 Å². The van der Waals surface area contributed by atoms with Crippen LogP contribution in [-0.2, 0) is 20.0 Å². The van der Waals surface area contributed by atoms with Crippen LogP contribution in [0, 0.1) is 6.92 Å². The van der Waals surface area contributed by atoms with Gasteiger partial charge in [-0.25, -0.2) is 4.98 Å². The minimum absolute atomic E-state index is 0.288. The van der Waals surface area contributed by atoms with Crippen LogP contribution < -0.4 is 10.9 Å². The van der Waals surface area contributed by atoms with E-state index in [9.17, 15) is 9.59 Å². The van der Waals surface area contributed by atoms with Gasteiger partial charge in [0.15, 0.2) is 5.65 Å². The first-order chi connectivity index (χ1) is 11.0. The van der Waals surface area contributed by atoms with Gasteiger partial charge < -0.3 is 19.4 Å². The molecule has 3 aromatic rings. The van der Waals surface area contributed by atoms with E-state index in [1.54, 1.807) is 24.9 Å². The van der Waals surface area contributed by atoms with Crippen molar-refractivity contribution in [3.63, 3.8) is 0 Å². The molecule has 0 unspecified atom stereocenters. The van der Waals surface area contributed by atoms with Gasteiger partial charge in [-0.2, -0.15) is 0 Å². The lowest BCUT2D eigenvalue weighted by Gasteiger charge is -2.07. The summed E-state index contributed by atoms with van der Waals surface area (Å²) < 4.78 is 6.85. The molecule has 0 saturated heterocycles. The number of H-pyrrole nitrogens is 1. The van der Waals surface area contributed by atoms with Crippen LogP contribution in [0.15, 0.2) is 21.7 Å². The molecule has 8 heteroatoms. The fourth-order valence-electron chi connectivity index (χ4n) is 2.57. The Kier molecular flexibility index (Phi) is 3.73. The minimum atomic E-state index is -0.364. The number of carbonyl (C=O) groups excluding carboxylic acids is 1. The zero-order chi connectivity index (χ0) is 16.6. The predicted octanol–water partition coefficient (Wildman–Crippen LogP) is 1.05. The molecule has 0 spiro atoms. The summed E-state index contributed by atoms with van der Waals surface area (Å²) in [5.74, 6) is 0.339. The van der Waals surface area contributed by atoms with E-state index in [4.69, 9.17) is 4.52 Å². The third-order valence-electron chi connectivity index (χ3n) is 3.78. The Hall–Kier alpha value is -2.90. The smallest absolute Gasteiger partial charge is 0.254 e. The first kappa shape index (κ1) is 15.0. The van der Waals surface area contributed by atoms with E-state index < -0.39 is 0 Å². The Labute approximate surface area is 131 Å². The van der Waals surface area contributed by atoms with Crippen LogP contribution in [0.25, 0.3) is 11.2 Å². The molecule has 3 rings (SSSR count). The quantitative estimate of drug-likeness (QED) is 0.748. The highest BCUT2D eigenvalue weighted by Gasteiger charge is 2.17. The van der Waals surface area contributed by atoms with Crippen molar-refractivity contribution in [2.75, 3.05) is 0 Å². The number of imidazole rings is 1. The molecular formula is C15H17N5O3. The molecule has 1 amide bonds. The van der Waals surface area contributed by atoms with Crippen LogP contribution in [0.5, 0.6) is 0 Å². The number of hydrogen-bond donors (Lipinski definition) is 2. The fraction of sp³-hybridized carbons (Fsp3) is 0.333. The first-order valence-corrected chi connectivity index (χ1v) is 7.27. The van der Waals surface area contributed by atoms with Gasteiger partial charge in [-0.15, -0.1) is 0 Å². The number of aromatic amines is 1. The van der Waals surface area contributed by atoms with Crippen molar-refractivity contribution in [1.29, 1.82) is 0 Å². The van der Waals surface area contributed by atoms with E-state index in [-0.39, 0.29) is 17.0 Å². The summed E-state index contributed by atoms with van der Waals surface area (Å²) >= 11 is 0. The molecule has 0 atom stereocenters. The van der Waals surface area contributed by atoms with Gasteiger partial charge in [0.1, 0.15) is 5.76 Å². The molecule has 0 aromatic carbocycles.